The number of aromatic nitrogens is 1. The molecule has 0 saturated heterocycles. The maximum Gasteiger partial charge on any atom is 0.202 e. The van der Waals surface area contributed by atoms with Gasteiger partial charge in [-0.2, -0.15) is 0 Å². The lowest BCUT2D eigenvalue weighted by Gasteiger charge is -1.97. The maximum atomic E-state index is 12.2. The van der Waals surface area contributed by atoms with Gasteiger partial charge in [0.1, 0.15) is 5.58 Å². The Kier molecular flexibility index (Phi) is 2.88. The van der Waals surface area contributed by atoms with Crippen LogP contribution < -0.4 is 0 Å². The van der Waals surface area contributed by atoms with E-state index in [2.05, 4.69) is 4.98 Å². The van der Waals surface area contributed by atoms with E-state index in [9.17, 15) is 4.79 Å². The summed E-state index contributed by atoms with van der Waals surface area (Å²) in [4.78, 5) is 16.1. The Balaban J connectivity index is 1.92. The molecule has 0 saturated carbocycles. The van der Waals surface area contributed by atoms with Crippen molar-refractivity contribution in [2.75, 3.05) is 0 Å². The Morgan fingerprint density at radius 3 is 2.74 bits per heavy atom. The highest BCUT2D eigenvalue weighted by molar-refractivity contribution is 5.99. The molecule has 2 heterocycles. The number of hydrogen-bond acceptors (Lipinski definition) is 3. The zero-order valence-electron chi connectivity index (χ0n) is 10.6. The fraction of sp³-hybridized carbons (Fsp3) is 0.125. The summed E-state index contributed by atoms with van der Waals surface area (Å²) < 4.78 is 5.67. The molecule has 0 amide bonds. The number of nitrogens with zero attached hydrogens (tertiary/aromatic N) is 1. The van der Waals surface area contributed by atoms with E-state index in [1.807, 2.05) is 43.3 Å². The molecule has 0 spiro atoms. The lowest BCUT2D eigenvalue weighted by molar-refractivity contribution is 0.0968. The topological polar surface area (TPSA) is 43.1 Å². The predicted octanol–water partition coefficient (Wildman–Crippen LogP) is 3.56. The van der Waals surface area contributed by atoms with Crippen molar-refractivity contribution in [1.29, 1.82) is 0 Å². The third-order valence-corrected chi connectivity index (χ3v) is 3.13. The SMILES string of the molecule is Cc1cccc2cc(C(=O)Cc3ccncc3)oc12. The molecule has 19 heavy (non-hydrogen) atoms. The normalized spacial score (nSPS) is 10.8. The predicted molar refractivity (Wildman–Crippen MR) is 73.2 cm³/mol. The third-order valence-electron chi connectivity index (χ3n) is 3.13. The number of fused-ring (bicyclic) bond motifs is 1. The molecule has 3 nitrogen and oxygen atoms in total. The number of ketones is 1. The largest absolute Gasteiger partial charge is 0.453 e. The van der Waals surface area contributed by atoms with Gasteiger partial charge < -0.3 is 4.42 Å². The summed E-state index contributed by atoms with van der Waals surface area (Å²) in [5, 5.41) is 0.970. The van der Waals surface area contributed by atoms with Crippen molar-refractivity contribution in [2.45, 2.75) is 13.3 Å². The van der Waals surface area contributed by atoms with Crippen LogP contribution in [0.5, 0.6) is 0 Å². The number of rotatable bonds is 3. The van der Waals surface area contributed by atoms with E-state index < -0.39 is 0 Å². The third kappa shape index (κ3) is 2.27. The summed E-state index contributed by atoms with van der Waals surface area (Å²) in [7, 11) is 0. The van der Waals surface area contributed by atoms with Crippen molar-refractivity contribution >= 4 is 16.8 Å². The van der Waals surface area contributed by atoms with Crippen LogP contribution >= 0.6 is 0 Å². The molecule has 0 N–H and O–H groups in total. The second kappa shape index (κ2) is 4.69. The van der Waals surface area contributed by atoms with E-state index in [4.69, 9.17) is 4.42 Å². The summed E-state index contributed by atoms with van der Waals surface area (Å²) in [6.45, 7) is 1.98. The molecule has 3 heteroatoms. The van der Waals surface area contributed by atoms with Gasteiger partial charge in [-0.15, -0.1) is 0 Å². The first-order valence-corrected chi connectivity index (χ1v) is 6.15. The quantitative estimate of drug-likeness (QED) is 0.668. The molecular weight excluding hydrogens is 238 g/mol. The number of hydrogen-bond donors (Lipinski definition) is 0. The van der Waals surface area contributed by atoms with Gasteiger partial charge >= 0.3 is 0 Å². The summed E-state index contributed by atoms with van der Waals surface area (Å²) in [6, 6.07) is 11.4. The van der Waals surface area contributed by atoms with Crippen molar-refractivity contribution < 1.29 is 9.21 Å². The Morgan fingerprint density at radius 2 is 2.00 bits per heavy atom. The van der Waals surface area contributed by atoms with Gasteiger partial charge in [-0.05, 0) is 36.2 Å². The van der Waals surface area contributed by atoms with Crippen LogP contribution in [0.4, 0.5) is 0 Å². The summed E-state index contributed by atoms with van der Waals surface area (Å²) in [5.41, 5.74) is 2.78. The fourth-order valence-electron chi connectivity index (χ4n) is 2.12. The second-order valence-corrected chi connectivity index (χ2v) is 4.56. The number of carbonyl (C=O) groups is 1. The van der Waals surface area contributed by atoms with Crippen LogP contribution in [-0.2, 0) is 6.42 Å². The maximum absolute atomic E-state index is 12.2. The number of benzene rings is 1. The van der Waals surface area contributed by atoms with Crippen molar-refractivity contribution in [2.24, 2.45) is 0 Å². The highest BCUT2D eigenvalue weighted by atomic mass is 16.3. The van der Waals surface area contributed by atoms with E-state index in [1.165, 1.54) is 0 Å². The van der Waals surface area contributed by atoms with Crippen LogP contribution in [0, 0.1) is 6.92 Å². The Bertz CT molecular complexity index is 729. The number of carbonyl (C=O) groups excluding carboxylic acids is 1. The Morgan fingerprint density at radius 1 is 1.21 bits per heavy atom. The Hall–Kier alpha value is -2.42. The molecule has 0 bridgehead atoms. The van der Waals surface area contributed by atoms with Gasteiger partial charge in [-0.3, -0.25) is 9.78 Å². The molecule has 0 radical (unpaired) electrons. The highest BCUT2D eigenvalue weighted by Gasteiger charge is 2.13. The van der Waals surface area contributed by atoms with Gasteiger partial charge in [-0.1, -0.05) is 18.2 Å². The monoisotopic (exact) mass is 251 g/mol. The lowest BCUT2D eigenvalue weighted by Crippen LogP contribution is -2.01. The first-order chi connectivity index (χ1) is 9.24. The van der Waals surface area contributed by atoms with Gasteiger partial charge in [0.2, 0.25) is 5.78 Å². The van der Waals surface area contributed by atoms with Gasteiger partial charge in [0.15, 0.2) is 5.76 Å². The molecule has 1 aromatic carbocycles. The van der Waals surface area contributed by atoms with Crippen LogP contribution in [0.2, 0.25) is 0 Å². The minimum Gasteiger partial charge on any atom is -0.453 e. The van der Waals surface area contributed by atoms with Crippen molar-refractivity contribution in [3.05, 3.63) is 65.7 Å². The average molecular weight is 251 g/mol. The van der Waals surface area contributed by atoms with E-state index in [0.29, 0.717) is 12.2 Å². The smallest absolute Gasteiger partial charge is 0.202 e. The fourth-order valence-corrected chi connectivity index (χ4v) is 2.12. The summed E-state index contributed by atoms with van der Waals surface area (Å²) in [6.07, 6.45) is 3.71. The molecule has 2 aromatic heterocycles. The highest BCUT2D eigenvalue weighted by Crippen LogP contribution is 2.23. The molecule has 3 aromatic rings. The summed E-state index contributed by atoms with van der Waals surface area (Å²) >= 11 is 0. The minimum atomic E-state index is -0.0122. The first-order valence-electron chi connectivity index (χ1n) is 6.15. The van der Waals surface area contributed by atoms with Crippen molar-refractivity contribution in [3.8, 4) is 0 Å². The zero-order valence-corrected chi connectivity index (χ0v) is 10.6. The molecule has 0 fully saturated rings. The van der Waals surface area contributed by atoms with E-state index in [0.717, 1.165) is 22.1 Å². The number of Topliss-reactive ketones (excluding diaryl/α,β-unsaturated/α-hetero) is 1. The van der Waals surface area contributed by atoms with Crippen molar-refractivity contribution in [1.82, 2.24) is 4.98 Å². The second-order valence-electron chi connectivity index (χ2n) is 4.56. The average Bonchev–Trinajstić information content (AvgIpc) is 2.85. The van der Waals surface area contributed by atoms with E-state index in [-0.39, 0.29) is 5.78 Å². The summed E-state index contributed by atoms with van der Waals surface area (Å²) in [5.74, 6) is 0.405. The van der Waals surface area contributed by atoms with Crippen LogP contribution in [0.15, 0.2) is 53.2 Å². The number of pyridine rings is 1. The van der Waals surface area contributed by atoms with Gasteiger partial charge in [0, 0.05) is 24.2 Å². The number of para-hydroxylation sites is 1. The van der Waals surface area contributed by atoms with Crippen LogP contribution in [0.25, 0.3) is 11.0 Å². The Labute approximate surface area is 110 Å². The molecule has 3 rings (SSSR count). The van der Waals surface area contributed by atoms with E-state index in [1.54, 1.807) is 12.4 Å². The molecule has 0 unspecified atom stereocenters. The molecule has 0 atom stereocenters. The van der Waals surface area contributed by atoms with Crippen LogP contribution in [0.3, 0.4) is 0 Å². The molecular formula is C16H13NO2. The van der Waals surface area contributed by atoms with Crippen molar-refractivity contribution in [3.63, 3.8) is 0 Å². The van der Waals surface area contributed by atoms with E-state index >= 15 is 0 Å². The van der Waals surface area contributed by atoms with Crippen LogP contribution in [0.1, 0.15) is 21.7 Å². The molecule has 0 aliphatic rings. The van der Waals surface area contributed by atoms with Gasteiger partial charge in [0.25, 0.3) is 0 Å². The number of furan rings is 1. The number of aryl methyl sites for hydroxylation is 1. The zero-order chi connectivity index (χ0) is 13.2. The molecule has 0 aliphatic carbocycles. The standard InChI is InChI=1S/C16H13NO2/c1-11-3-2-4-13-10-15(19-16(11)13)14(18)9-12-5-7-17-8-6-12/h2-8,10H,9H2,1H3. The van der Waals surface area contributed by atoms with Gasteiger partial charge in [-0.25, -0.2) is 0 Å². The first kappa shape index (κ1) is 11.7. The molecule has 0 aliphatic heterocycles. The van der Waals surface area contributed by atoms with Crippen LogP contribution in [-0.4, -0.2) is 10.8 Å². The minimum absolute atomic E-state index is 0.0122. The van der Waals surface area contributed by atoms with Gasteiger partial charge in [0.05, 0.1) is 0 Å². The lowest BCUT2D eigenvalue weighted by atomic mass is 10.1. The molecule has 94 valence electrons.